The Balaban J connectivity index is 2.18. The molecule has 0 saturated heterocycles. The van der Waals surface area contributed by atoms with Crippen LogP contribution in [0.1, 0.15) is 44.5 Å². The normalized spacial score (nSPS) is 12.0. The molecule has 138 valence electrons. The number of aromatic nitrogens is 2. The van der Waals surface area contributed by atoms with Crippen LogP contribution >= 0.6 is 0 Å². The summed E-state index contributed by atoms with van der Waals surface area (Å²) in [5, 5.41) is 15.8. The maximum Gasteiger partial charge on any atom is 0.312 e. The number of carbonyl (C=O) groups is 1. The van der Waals surface area contributed by atoms with E-state index in [0.717, 1.165) is 16.7 Å². The molecule has 6 heteroatoms. The molecule has 0 aliphatic heterocycles. The maximum atomic E-state index is 13.4. The predicted molar refractivity (Wildman–Crippen MR) is 103 cm³/mol. The van der Waals surface area contributed by atoms with Gasteiger partial charge in [0.15, 0.2) is 5.78 Å². The van der Waals surface area contributed by atoms with E-state index >= 15 is 0 Å². The van der Waals surface area contributed by atoms with Crippen LogP contribution in [0.4, 0.5) is 5.69 Å². The molecule has 0 fully saturated rings. The first-order valence-corrected chi connectivity index (χ1v) is 8.67. The molecule has 0 amide bonds. The molecular weight excluding hydrogens is 342 g/mol. The molecule has 0 aliphatic carbocycles. The van der Waals surface area contributed by atoms with Crippen LogP contribution in [-0.2, 0) is 0 Å². The SMILES string of the molecule is Cc1ccc(C(=O)[C@@H](c2ccc(C)cc2)n2nc(C)c([N+](=O)[O-])c2C)cc1. The number of aryl methyl sites for hydroxylation is 3. The van der Waals surface area contributed by atoms with Crippen molar-refractivity contribution in [2.75, 3.05) is 0 Å². The minimum absolute atomic E-state index is 0.0520. The van der Waals surface area contributed by atoms with Gasteiger partial charge in [0.1, 0.15) is 17.4 Å². The molecule has 6 nitrogen and oxygen atoms in total. The van der Waals surface area contributed by atoms with E-state index < -0.39 is 11.0 Å². The van der Waals surface area contributed by atoms with E-state index in [0.29, 0.717) is 17.0 Å². The fraction of sp³-hybridized carbons (Fsp3) is 0.238. The molecule has 1 aromatic heterocycles. The van der Waals surface area contributed by atoms with E-state index in [2.05, 4.69) is 5.10 Å². The summed E-state index contributed by atoms with van der Waals surface area (Å²) >= 11 is 0. The van der Waals surface area contributed by atoms with Gasteiger partial charge in [0, 0.05) is 5.56 Å². The summed E-state index contributed by atoms with van der Waals surface area (Å²) in [6.07, 6.45) is 0. The fourth-order valence-electron chi connectivity index (χ4n) is 3.20. The summed E-state index contributed by atoms with van der Waals surface area (Å²) in [7, 11) is 0. The summed E-state index contributed by atoms with van der Waals surface area (Å²) in [5.41, 5.74) is 4.02. The number of ketones is 1. The Hall–Kier alpha value is -3.28. The third-order valence-electron chi connectivity index (χ3n) is 4.69. The van der Waals surface area contributed by atoms with Gasteiger partial charge in [0.2, 0.25) is 0 Å². The first kappa shape index (κ1) is 18.5. The molecule has 27 heavy (non-hydrogen) atoms. The van der Waals surface area contributed by atoms with Gasteiger partial charge in [0.25, 0.3) is 0 Å². The number of nitro groups is 1. The van der Waals surface area contributed by atoms with Crippen LogP contribution in [0.15, 0.2) is 48.5 Å². The van der Waals surface area contributed by atoms with Crippen molar-refractivity contribution >= 4 is 11.5 Å². The largest absolute Gasteiger partial charge is 0.312 e. The second-order valence-corrected chi connectivity index (χ2v) is 6.76. The van der Waals surface area contributed by atoms with Gasteiger partial charge < -0.3 is 0 Å². The summed E-state index contributed by atoms with van der Waals surface area (Å²) < 4.78 is 1.47. The van der Waals surface area contributed by atoms with Crippen LogP contribution in [-0.4, -0.2) is 20.5 Å². The Morgan fingerprint density at radius 2 is 1.48 bits per heavy atom. The standard InChI is InChI=1S/C21H21N3O3/c1-13-5-9-17(10-6-13)20(21(25)18-11-7-14(2)8-12-18)23-16(4)19(24(26)27)15(3)22-23/h5-12,20H,1-4H3/t20-/m1/s1. The van der Waals surface area contributed by atoms with Gasteiger partial charge in [-0.05, 0) is 33.3 Å². The van der Waals surface area contributed by atoms with Crippen LogP contribution in [0, 0.1) is 37.8 Å². The number of hydrogen-bond donors (Lipinski definition) is 0. The van der Waals surface area contributed by atoms with E-state index in [1.165, 1.54) is 4.68 Å². The second kappa shape index (κ2) is 7.15. The molecule has 3 aromatic rings. The van der Waals surface area contributed by atoms with Crippen molar-refractivity contribution < 1.29 is 9.72 Å². The lowest BCUT2D eigenvalue weighted by molar-refractivity contribution is -0.386. The van der Waals surface area contributed by atoms with Crippen molar-refractivity contribution in [2.24, 2.45) is 0 Å². The predicted octanol–water partition coefficient (Wildman–Crippen LogP) is 4.50. The average molecular weight is 363 g/mol. The van der Waals surface area contributed by atoms with Gasteiger partial charge in [-0.2, -0.15) is 5.10 Å². The Labute approximate surface area is 157 Å². The molecule has 0 radical (unpaired) electrons. The van der Waals surface area contributed by atoms with Crippen LogP contribution in [0.3, 0.4) is 0 Å². The zero-order valence-corrected chi connectivity index (χ0v) is 15.8. The Bertz CT molecular complexity index is 1000. The fourth-order valence-corrected chi connectivity index (χ4v) is 3.20. The third-order valence-corrected chi connectivity index (χ3v) is 4.69. The first-order chi connectivity index (χ1) is 12.8. The van der Waals surface area contributed by atoms with Crippen LogP contribution in [0.5, 0.6) is 0 Å². The third kappa shape index (κ3) is 3.51. The highest BCUT2D eigenvalue weighted by Crippen LogP contribution is 2.30. The van der Waals surface area contributed by atoms with Gasteiger partial charge in [-0.25, -0.2) is 4.68 Å². The number of benzene rings is 2. The highest BCUT2D eigenvalue weighted by molar-refractivity contribution is 6.01. The first-order valence-electron chi connectivity index (χ1n) is 8.67. The molecule has 0 unspecified atom stereocenters. The Morgan fingerprint density at radius 1 is 0.963 bits per heavy atom. The molecule has 2 aromatic carbocycles. The maximum absolute atomic E-state index is 13.4. The van der Waals surface area contributed by atoms with Crippen molar-refractivity contribution in [3.05, 3.63) is 92.3 Å². The topological polar surface area (TPSA) is 78.0 Å². The average Bonchev–Trinajstić information content (AvgIpc) is 2.91. The van der Waals surface area contributed by atoms with E-state index in [9.17, 15) is 14.9 Å². The van der Waals surface area contributed by atoms with E-state index in [1.807, 2.05) is 50.2 Å². The number of hydrogen-bond acceptors (Lipinski definition) is 4. The summed E-state index contributed by atoms with van der Waals surface area (Å²) in [5.74, 6) is -0.153. The van der Waals surface area contributed by atoms with Crippen molar-refractivity contribution in [1.82, 2.24) is 9.78 Å². The molecule has 0 bridgehead atoms. The molecule has 0 saturated carbocycles. The molecule has 0 N–H and O–H groups in total. The van der Waals surface area contributed by atoms with Gasteiger partial charge in [-0.1, -0.05) is 59.7 Å². The second-order valence-electron chi connectivity index (χ2n) is 6.76. The number of Topliss-reactive ketones (excluding diaryl/α,β-unsaturated/α-hetero) is 1. The van der Waals surface area contributed by atoms with Crippen LogP contribution in [0.2, 0.25) is 0 Å². The van der Waals surface area contributed by atoms with Crippen LogP contribution < -0.4 is 0 Å². The molecule has 1 atom stereocenters. The smallest absolute Gasteiger partial charge is 0.291 e. The van der Waals surface area contributed by atoms with Gasteiger partial charge >= 0.3 is 5.69 Å². The summed E-state index contributed by atoms with van der Waals surface area (Å²) in [4.78, 5) is 24.3. The van der Waals surface area contributed by atoms with Gasteiger partial charge in [-0.15, -0.1) is 0 Å². The number of carbonyl (C=O) groups excluding carboxylic acids is 1. The quantitative estimate of drug-likeness (QED) is 0.380. The minimum atomic E-state index is -0.763. The monoisotopic (exact) mass is 363 g/mol. The number of rotatable bonds is 5. The lowest BCUT2D eigenvalue weighted by Crippen LogP contribution is -2.23. The molecular formula is C21H21N3O3. The van der Waals surface area contributed by atoms with Gasteiger partial charge in [-0.3, -0.25) is 14.9 Å². The Kier molecular flexibility index (Phi) is 4.90. The van der Waals surface area contributed by atoms with E-state index in [4.69, 9.17) is 0 Å². The van der Waals surface area contributed by atoms with Crippen LogP contribution in [0.25, 0.3) is 0 Å². The number of nitrogens with zero attached hydrogens (tertiary/aromatic N) is 3. The van der Waals surface area contributed by atoms with Gasteiger partial charge in [0.05, 0.1) is 4.92 Å². The lowest BCUT2D eigenvalue weighted by Gasteiger charge is -2.19. The summed E-state index contributed by atoms with van der Waals surface area (Å²) in [6, 6.07) is 14.1. The zero-order valence-electron chi connectivity index (χ0n) is 15.8. The highest BCUT2D eigenvalue weighted by atomic mass is 16.6. The highest BCUT2D eigenvalue weighted by Gasteiger charge is 2.31. The summed E-state index contributed by atoms with van der Waals surface area (Å²) in [6.45, 7) is 7.14. The minimum Gasteiger partial charge on any atom is -0.291 e. The van der Waals surface area contributed by atoms with E-state index in [1.54, 1.807) is 26.0 Å². The van der Waals surface area contributed by atoms with Crippen molar-refractivity contribution in [2.45, 2.75) is 33.7 Å². The van der Waals surface area contributed by atoms with E-state index in [-0.39, 0.29) is 11.5 Å². The van der Waals surface area contributed by atoms with Crippen molar-refractivity contribution in [1.29, 1.82) is 0 Å². The zero-order chi connectivity index (χ0) is 19.7. The van der Waals surface area contributed by atoms with Crippen molar-refractivity contribution in [3.63, 3.8) is 0 Å². The molecule has 3 rings (SSSR count). The Morgan fingerprint density at radius 3 is 1.96 bits per heavy atom. The lowest BCUT2D eigenvalue weighted by atomic mass is 9.96. The van der Waals surface area contributed by atoms with Crippen molar-refractivity contribution in [3.8, 4) is 0 Å². The molecule has 0 aliphatic rings. The molecule has 0 spiro atoms. The molecule has 1 heterocycles.